The van der Waals surface area contributed by atoms with Gasteiger partial charge in [0.25, 0.3) is 0 Å². The molecule has 0 aromatic rings. The molecule has 1 N–H and O–H groups in total. The molecule has 1 heterocycles. The van der Waals surface area contributed by atoms with Crippen molar-refractivity contribution in [2.45, 2.75) is 69.9 Å². The van der Waals surface area contributed by atoms with Crippen molar-refractivity contribution in [1.29, 1.82) is 0 Å². The van der Waals surface area contributed by atoms with Gasteiger partial charge < -0.3 is 5.32 Å². The van der Waals surface area contributed by atoms with Crippen molar-refractivity contribution in [3.8, 4) is 0 Å². The second-order valence-electron chi connectivity index (χ2n) is 6.65. The fourth-order valence-electron chi connectivity index (χ4n) is 3.92. The summed E-state index contributed by atoms with van der Waals surface area (Å²) in [7, 11) is 0. The summed E-state index contributed by atoms with van der Waals surface area (Å²) in [5.41, 5.74) is 0.562. The number of nitrogens with one attached hydrogen (secondary N) is 1. The molecule has 1 saturated heterocycles. The first-order chi connectivity index (χ1) is 8.32. The van der Waals surface area contributed by atoms with Crippen LogP contribution >= 0.6 is 0 Å². The zero-order chi connectivity index (χ0) is 11.7. The first kappa shape index (κ1) is 12.0. The van der Waals surface area contributed by atoms with E-state index in [0.717, 1.165) is 12.0 Å². The molecule has 1 aliphatic heterocycles. The van der Waals surface area contributed by atoms with Gasteiger partial charge in [-0.2, -0.15) is 0 Å². The van der Waals surface area contributed by atoms with E-state index in [2.05, 4.69) is 17.1 Å². The predicted octanol–water partition coefficient (Wildman–Crippen LogP) is 2.78. The van der Waals surface area contributed by atoms with E-state index in [4.69, 9.17) is 0 Å². The largest absolute Gasteiger partial charge is 0.311 e. The van der Waals surface area contributed by atoms with Gasteiger partial charge in [-0.15, -0.1) is 0 Å². The van der Waals surface area contributed by atoms with Crippen LogP contribution < -0.4 is 5.32 Å². The third-order valence-electron chi connectivity index (χ3n) is 5.18. The van der Waals surface area contributed by atoms with Crippen LogP contribution in [0.5, 0.6) is 0 Å². The molecule has 3 rings (SSSR count). The molecule has 1 unspecified atom stereocenters. The van der Waals surface area contributed by atoms with Gasteiger partial charge in [0.2, 0.25) is 0 Å². The van der Waals surface area contributed by atoms with Gasteiger partial charge in [-0.1, -0.05) is 26.2 Å². The molecule has 2 aliphatic carbocycles. The van der Waals surface area contributed by atoms with E-state index in [1.54, 1.807) is 0 Å². The molecule has 1 atom stereocenters. The van der Waals surface area contributed by atoms with Crippen LogP contribution in [0.4, 0.5) is 0 Å². The Hall–Kier alpha value is -0.0800. The molecule has 2 heteroatoms. The molecule has 3 aliphatic rings. The first-order valence-corrected chi connectivity index (χ1v) is 7.81. The fraction of sp³-hybridized carbons (Fsp3) is 1.00. The summed E-state index contributed by atoms with van der Waals surface area (Å²) >= 11 is 0. The van der Waals surface area contributed by atoms with E-state index < -0.39 is 0 Å². The Morgan fingerprint density at radius 2 is 2.00 bits per heavy atom. The lowest BCUT2D eigenvalue weighted by molar-refractivity contribution is 0.0369. The van der Waals surface area contributed by atoms with Crippen molar-refractivity contribution in [1.82, 2.24) is 10.2 Å². The number of hydrogen-bond donors (Lipinski definition) is 1. The molecule has 0 amide bonds. The number of rotatable bonds is 4. The third kappa shape index (κ3) is 2.53. The van der Waals surface area contributed by atoms with Crippen molar-refractivity contribution < 1.29 is 0 Å². The summed E-state index contributed by atoms with van der Waals surface area (Å²) in [4.78, 5) is 2.90. The van der Waals surface area contributed by atoms with E-state index in [1.165, 1.54) is 71.0 Å². The number of hydrogen-bond acceptors (Lipinski definition) is 2. The third-order valence-corrected chi connectivity index (χ3v) is 5.18. The molecule has 3 fully saturated rings. The molecule has 17 heavy (non-hydrogen) atoms. The fourth-order valence-corrected chi connectivity index (χ4v) is 3.92. The molecule has 1 spiro atoms. The lowest BCUT2D eigenvalue weighted by Crippen LogP contribution is -2.63. The zero-order valence-corrected chi connectivity index (χ0v) is 11.4. The van der Waals surface area contributed by atoms with E-state index >= 15 is 0 Å². The Morgan fingerprint density at radius 3 is 2.65 bits per heavy atom. The predicted molar refractivity (Wildman–Crippen MR) is 72.2 cm³/mol. The molecule has 0 bridgehead atoms. The van der Waals surface area contributed by atoms with Gasteiger partial charge in [-0.05, 0) is 38.0 Å². The van der Waals surface area contributed by atoms with Crippen LogP contribution in [0.15, 0.2) is 0 Å². The Labute approximate surface area is 106 Å². The molecule has 2 saturated carbocycles. The molecular formula is C15H28N2. The highest BCUT2D eigenvalue weighted by molar-refractivity contribution is 5.02. The second-order valence-corrected chi connectivity index (χ2v) is 6.65. The van der Waals surface area contributed by atoms with Gasteiger partial charge in [0, 0.05) is 31.2 Å². The Bertz CT molecular complexity index is 254. The van der Waals surface area contributed by atoms with Gasteiger partial charge >= 0.3 is 0 Å². The summed E-state index contributed by atoms with van der Waals surface area (Å²) in [5, 5.41) is 3.83. The summed E-state index contributed by atoms with van der Waals surface area (Å²) < 4.78 is 0. The standard InChI is InChI=1S/C15H28N2/c1-2-5-14-11-17(10-13-6-7-13)15(12-16-14)8-3-4-9-15/h13-14,16H,2-12H2,1H3. The van der Waals surface area contributed by atoms with E-state index in [9.17, 15) is 0 Å². The molecular weight excluding hydrogens is 208 g/mol. The minimum Gasteiger partial charge on any atom is -0.311 e. The van der Waals surface area contributed by atoms with Gasteiger partial charge in [0.15, 0.2) is 0 Å². The van der Waals surface area contributed by atoms with Crippen LogP contribution in [0, 0.1) is 5.92 Å². The van der Waals surface area contributed by atoms with E-state index in [1.807, 2.05) is 0 Å². The average Bonchev–Trinajstić information content (AvgIpc) is 3.02. The highest BCUT2D eigenvalue weighted by Crippen LogP contribution is 2.40. The quantitative estimate of drug-likeness (QED) is 0.807. The summed E-state index contributed by atoms with van der Waals surface area (Å²) in [6.45, 7) is 6.31. The van der Waals surface area contributed by atoms with Crippen LogP contribution in [0.3, 0.4) is 0 Å². The smallest absolute Gasteiger partial charge is 0.0334 e. The SMILES string of the molecule is CCCC1CN(CC2CC2)C2(CCCC2)CN1. The Kier molecular flexibility index (Phi) is 3.45. The first-order valence-electron chi connectivity index (χ1n) is 7.81. The number of nitrogens with zero attached hydrogens (tertiary/aromatic N) is 1. The van der Waals surface area contributed by atoms with Crippen molar-refractivity contribution >= 4 is 0 Å². The van der Waals surface area contributed by atoms with Crippen LogP contribution in [0.25, 0.3) is 0 Å². The molecule has 0 aromatic heterocycles. The van der Waals surface area contributed by atoms with Gasteiger partial charge in [-0.25, -0.2) is 0 Å². The average molecular weight is 236 g/mol. The highest BCUT2D eigenvalue weighted by atomic mass is 15.3. The zero-order valence-electron chi connectivity index (χ0n) is 11.4. The van der Waals surface area contributed by atoms with Crippen molar-refractivity contribution in [2.75, 3.05) is 19.6 Å². The monoisotopic (exact) mass is 236 g/mol. The molecule has 0 aromatic carbocycles. The lowest BCUT2D eigenvalue weighted by Gasteiger charge is -2.48. The van der Waals surface area contributed by atoms with E-state index in [0.29, 0.717) is 5.54 Å². The van der Waals surface area contributed by atoms with Crippen LogP contribution in [0.1, 0.15) is 58.3 Å². The number of piperazine rings is 1. The van der Waals surface area contributed by atoms with Gasteiger partial charge in [-0.3, -0.25) is 4.90 Å². The van der Waals surface area contributed by atoms with Gasteiger partial charge in [0.1, 0.15) is 0 Å². The maximum atomic E-state index is 3.83. The van der Waals surface area contributed by atoms with Crippen molar-refractivity contribution in [3.05, 3.63) is 0 Å². The maximum absolute atomic E-state index is 3.83. The lowest BCUT2D eigenvalue weighted by atomic mass is 9.89. The Morgan fingerprint density at radius 1 is 1.24 bits per heavy atom. The Balaban J connectivity index is 1.66. The van der Waals surface area contributed by atoms with Crippen LogP contribution in [0.2, 0.25) is 0 Å². The summed E-state index contributed by atoms with van der Waals surface area (Å²) in [6.07, 6.45) is 11.5. The normalized spacial score (nSPS) is 33.4. The topological polar surface area (TPSA) is 15.3 Å². The molecule has 0 radical (unpaired) electrons. The van der Waals surface area contributed by atoms with Crippen LogP contribution in [-0.2, 0) is 0 Å². The summed E-state index contributed by atoms with van der Waals surface area (Å²) in [5.74, 6) is 1.05. The molecule has 2 nitrogen and oxygen atoms in total. The van der Waals surface area contributed by atoms with Crippen molar-refractivity contribution in [3.63, 3.8) is 0 Å². The van der Waals surface area contributed by atoms with Crippen LogP contribution in [-0.4, -0.2) is 36.1 Å². The summed E-state index contributed by atoms with van der Waals surface area (Å²) in [6, 6.07) is 0.768. The maximum Gasteiger partial charge on any atom is 0.0334 e. The van der Waals surface area contributed by atoms with E-state index in [-0.39, 0.29) is 0 Å². The minimum absolute atomic E-state index is 0.562. The molecule has 98 valence electrons. The van der Waals surface area contributed by atoms with Gasteiger partial charge in [0.05, 0.1) is 0 Å². The second kappa shape index (κ2) is 4.89. The minimum atomic E-state index is 0.562. The highest BCUT2D eigenvalue weighted by Gasteiger charge is 2.44. The van der Waals surface area contributed by atoms with Crippen molar-refractivity contribution in [2.24, 2.45) is 5.92 Å².